The minimum atomic E-state index is 0.541. The van der Waals surface area contributed by atoms with Gasteiger partial charge in [0.15, 0.2) is 0 Å². The summed E-state index contributed by atoms with van der Waals surface area (Å²) in [6.07, 6.45) is 14.0. The second-order valence-corrected chi connectivity index (χ2v) is 4.10. The van der Waals surface area contributed by atoms with Gasteiger partial charge in [-0.3, -0.25) is 0 Å². The van der Waals surface area contributed by atoms with Crippen LogP contribution in [-0.2, 0) is 0 Å². The molecule has 0 saturated heterocycles. The smallest absolute Gasteiger partial charge is 0.0343 e. The molecule has 0 atom stereocenters. The van der Waals surface area contributed by atoms with Crippen molar-refractivity contribution in [2.45, 2.75) is 53.4 Å². The predicted octanol–water partition coefficient (Wildman–Crippen LogP) is 5.53. The first-order chi connectivity index (χ1) is 7.21. The van der Waals surface area contributed by atoms with Crippen LogP contribution in [-0.4, -0.2) is 0 Å². The lowest BCUT2D eigenvalue weighted by molar-refractivity contribution is 0.313. The first-order valence-corrected chi connectivity index (χ1v) is 6.02. The van der Waals surface area contributed by atoms with E-state index in [-0.39, 0.29) is 0 Å². The molecule has 1 aliphatic rings. The highest BCUT2D eigenvalue weighted by atomic mass is 14.2. The van der Waals surface area contributed by atoms with Crippen LogP contribution in [0.2, 0.25) is 0 Å². The van der Waals surface area contributed by atoms with Crippen molar-refractivity contribution in [3.63, 3.8) is 0 Å². The van der Waals surface area contributed by atoms with E-state index in [1.165, 1.54) is 25.7 Å². The lowest BCUT2D eigenvalue weighted by atomic mass is 9.83. The van der Waals surface area contributed by atoms with Crippen molar-refractivity contribution in [3.05, 3.63) is 37.5 Å². The van der Waals surface area contributed by atoms with E-state index in [2.05, 4.69) is 51.3 Å². The van der Waals surface area contributed by atoms with Crippen LogP contribution >= 0.6 is 0 Å². The average Bonchev–Trinajstić information content (AvgIpc) is 2.36. The van der Waals surface area contributed by atoms with Crippen LogP contribution in [0.25, 0.3) is 0 Å². The summed E-state index contributed by atoms with van der Waals surface area (Å²) < 4.78 is 0. The Hall–Kier alpha value is -0.780. The fourth-order valence-electron chi connectivity index (χ4n) is 1.42. The molecule has 0 fully saturated rings. The molecule has 0 aliphatic heterocycles. The molecule has 0 aromatic rings. The molecule has 1 rings (SSSR count). The Kier molecular flexibility index (Phi) is 12.5. The standard InChI is InChI=1S/C11H18.C2H6.C2H4/c1-11(2)9-7-5-3-4-6-8-10-11;2*1-2/h3-6H,7-10H2,1-2H3;1-2H3;1-2H2/b5-3-,6-4-;;. The van der Waals surface area contributed by atoms with E-state index in [1.54, 1.807) is 0 Å². The summed E-state index contributed by atoms with van der Waals surface area (Å²) in [6, 6.07) is 0. The zero-order chi connectivity index (χ0) is 12.2. The van der Waals surface area contributed by atoms with Crippen LogP contribution in [0.4, 0.5) is 0 Å². The van der Waals surface area contributed by atoms with Crippen LogP contribution in [0, 0.1) is 5.41 Å². The third-order valence-corrected chi connectivity index (χ3v) is 2.36. The van der Waals surface area contributed by atoms with Gasteiger partial charge in [-0.1, -0.05) is 52.0 Å². The Morgan fingerprint density at radius 3 is 1.53 bits per heavy atom. The van der Waals surface area contributed by atoms with Gasteiger partial charge in [-0.2, -0.15) is 0 Å². The minimum Gasteiger partial charge on any atom is -0.106 e. The molecular formula is C15H28. The van der Waals surface area contributed by atoms with Crippen molar-refractivity contribution in [1.82, 2.24) is 0 Å². The Labute approximate surface area is 96.8 Å². The zero-order valence-electron chi connectivity index (χ0n) is 11.1. The molecule has 0 bridgehead atoms. The normalized spacial score (nSPS) is 22.4. The Morgan fingerprint density at radius 2 is 1.20 bits per heavy atom. The summed E-state index contributed by atoms with van der Waals surface area (Å²) in [6.45, 7) is 14.7. The number of allylic oxidation sites excluding steroid dienone is 4. The van der Waals surface area contributed by atoms with Gasteiger partial charge in [0.25, 0.3) is 0 Å². The number of hydrogen-bond donors (Lipinski definition) is 0. The van der Waals surface area contributed by atoms with E-state index in [9.17, 15) is 0 Å². The van der Waals surface area contributed by atoms with Crippen molar-refractivity contribution in [1.29, 1.82) is 0 Å². The highest BCUT2D eigenvalue weighted by Gasteiger charge is 2.15. The van der Waals surface area contributed by atoms with Crippen molar-refractivity contribution in [2.24, 2.45) is 5.41 Å². The van der Waals surface area contributed by atoms with Crippen LogP contribution < -0.4 is 0 Å². The monoisotopic (exact) mass is 208 g/mol. The van der Waals surface area contributed by atoms with Crippen molar-refractivity contribution in [3.8, 4) is 0 Å². The Bertz CT molecular complexity index is 154. The SMILES string of the molecule is C=C.CC.CC1(C)CC/C=C\C=C/CC1. The van der Waals surface area contributed by atoms with Gasteiger partial charge in [-0.05, 0) is 31.1 Å². The quantitative estimate of drug-likeness (QED) is 0.459. The maximum atomic E-state index is 3.00. The van der Waals surface area contributed by atoms with Gasteiger partial charge >= 0.3 is 0 Å². The summed E-state index contributed by atoms with van der Waals surface area (Å²) in [5.74, 6) is 0. The average molecular weight is 208 g/mol. The molecule has 0 aromatic carbocycles. The molecule has 0 heterocycles. The molecule has 0 N–H and O–H groups in total. The van der Waals surface area contributed by atoms with Crippen molar-refractivity contribution < 1.29 is 0 Å². The summed E-state index contributed by atoms with van der Waals surface area (Å²) in [5.41, 5.74) is 0.541. The summed E-state index contributed by atoms with van der Waals surface area (Å²) in [7, 11) is 0. The lowest BCUT2D eigenvalue weighted by Gasteiger charge is -2.22. The molecular weight excluding hydrogens is 180 g/mol. The van der Waals surface area contributed by atoms with E-state index in [0.29, 0.717) is 5.41 Å². The predicted molar refractivity (Wildman–Crippen MR) is 73.1 cm³/mol. The van der Waals surface area contributed by atoms with Crippen LogP contribution in [0.3, 0.4) is 0 Å². The van der Waals surface area contributed by atoms with Gasteiger partial charge in [0.1, 0.15) is 0 Å². The van der Waals surface area contributed by atoms with Crippen LogP contribution in [0.5, 0.6) is 0 Å². The maximum Gasteiger partial charge on any atom is -0.0343 e. The number of rotatable bonds is 0. The molecule has 0 heteroatoms. The van der Waals surface area contributed by atoms with Crippen LogP contribution in [0.15, 0.2) is 37.5 Å². The Morgan fingerprint density at radius 1 is 0.867 bits per heavy atom. The van der Waals surface area contributed by atoms with E-state index < -0.39 is 0 Å². The molecule has 15 heavy (non-hydrogen) atoms. The third-order valence-electron chi connectivity index (χ3n) is 2.36. The molecule has 0 radical (unpaired) electrons. The molecule has 0 nitrogen and oxygen atoms in total. The number of hydrogen-bond acceptors (Lipinski definition) is 0. The van der Waals surface area contributed by atoms with E-state index in [0.717, 1.165) is 0 Å². The summed E-state index contributed by atoms with van der Waals surface area (Å²) >= 11 is 0. The highest BCUT2D eigenvalue weighted by molar-refractivity contribution is 5.03. The molecule has 0 aromatic heterocycles. The van der Waals surface area contributed by atoms with Crippen molar-refractivity contribution >= 4 is 0 Å². The molecule has 0 unspecified atom stereocenters. The molecule has 1 aliphatic carbocycles. The largest absolute Gasteiger partial charge is 0.106 e. The highest BCUT2D eigenvalue weighted by Crippen LogP contribution is 2.29. The fourth-order valence-corrected chi connectivity index (χ4v) is 1.42. The van der Waals surface area contributed by atoms with Gasteiger partial charge in [0.2, 0.25) is 0 Å². The summed E-state index contributed by atoms with van der Waals surface area (Å²) in [4.78, 5) is 0. The first-order valence-electron chi connectivity index (χ1n) is 6.02. The summed E-state index contributed by atoms with van der Waals surface area (Å²) in [5, 5.41) is 0. The van der Waals surface area contributed by atoms with Crippen LogP contribution in [0.1, 0.15) is 53.4 Å². The first kappa shape index (κ1) is 16.6. The van der Waals surface area contributed by atoms with E-state index in [1.807, 2.05) is 13.8 Å². The molecule has 0 amide bonds. The van der Waals surface area contributed by atoms with Crippen molar-refractivity contribution in [2.75, 3.05) is 0 Å². The second-order valence-electron chi connectivity index (χ2n) is 4.10. The van der Waals surface area contributed by atoms with Gasteiger partial charge in [0.05, 0.1) is 0 Å². The topological polar surface area (TPSA) is 0 Å². The van der Waals surface area contributed by atoms with E-state index >= 15 is 0 Å². The molecule has 0 spiro atoms. The van der Waals surface area contributed by atoms with Gasteiger partial charge in [-0.25, -0.2) is 0 Å². The van der Waals surface area contributed by atoms with E-state index in [4.69, 9.17) is 0 Å². The van der Waals surface area contributed by atoms with Gasteiger partial charge in [0, 0.05) is 0 Å². The lowest BCUT2D eigenvalue weighted by Crippen LogP contribution is -2.09. The minimum absolute atomic E-state index is 0.541. The Balaban J connectivity index is 0. The fraction of sp³-hybridized carbons (Fsp3) is 0.600. The zero-order valence-corrected chi connectivity index (χ0v) is 11.1. The molecule has 0 saturated carbocycles. The maximum absolute atomic E-state index is 3.00. The van der Waals surface area contributed by atoms with Gasteiger partial charge in [-0.15, -0.1) is 13.2 Å². The second kappa shape index (κ2) is 11.3. The van der Waals surface area contributed by atoms with Gasteiger partial charge < -0.3 is 0 Å². The third kappa shape index (κ3) is 11.1. The molecule has 88 valence electrons.